The summed E-state index contributed by atoms with van der Waals surface area (Å²) in [5.74, 6) is 1.68. The quantitative estimate of drug-likeness (QED) is 0.377. The van der Waals surface area contributed by atoms with Crippen molar-refractivity contribution in [1.29, 1.82) is 0 Å². The Morgan fingerprint density at radius 3 is 2.41 bits per heavy atom. The summed E-state index contributed by atoms with van der Waals surface area (Å²) in [4.78, 5) is 12.7. The Morgan fingerprint density at radius 2 is 1.75 bits per heavy atom. The van der Waals surface area contributed by atoms with Gasteiger partial charge >= 0.3 is 0 Å². The minimum Gasteiger partial charge on any atom is -0.469 e. The van der Waals surface area contributed by atoms with Crippen molar-refractivity contribution in [3.63, 3.8) is 0 Å². The van der Waals surface area contributed by atoms with E-state index >= 15 is 0 Å². The number of hydrogen-bond acceptors (Lipinski definition) is 5. The molecule has 2 heterocycles. The van der Waals surface area contributed by atoms with Gasteiger partial charge in [0, 0.05) is 5.69 Å². The summed E-state index contributed by atoms with van der Waals surface area (Å²) in [5.41, 5.74) is 6.21. The van der Waals surface area contributed by atoms with Crippen LogP contribution in [0.3, 0.4) is 0 Å². The average Bonchev–Trinajstić information content (AvgIpc) is 3.35. The van der Waals surface area contributed by atoms with Crippen LogP contribution in [0, 0.1) is 27.7 Å². The van der Waals surface area contributed by atoms with Gasteiger partial charge in [-0.2, -0.15) is 0 Å². The summed E-state index contributed by atoms with van der Waals surface area (Å²) < 4.78 is 7.51. The van der Waals surface area contributed by atoms with Crippen LogP contribution in [0.1, 0.15) is 28.0 Å². The van der Waals surface area contributed by atoms with Gasteiger partial charge in [0.15, 0.2) is 11.0 Å². The van der Waals surface area contributed by atoms with E-state index in [1.165, 1.54) is 17.3 Å². The number of benzene rings is 2. The van der Waals surface area contributed by atoms with Crippen molar-refractivity contribution in [2.75, 3.05) is 11.1 Å². The molecule has 164 valence electrons. The second-order valence-electron chi connectivity index (χ2n) is 7.88. The standard InChI is InChI=1S/C25H26N4O2S/c1-16-12-17(2)23(18(3)13-16)26-22(30)15-32-25-28-27-24(21-10-11-31-19(21)4)29(25)14-20-8-6-5-7-9-20/h5-13H,14-15H2,1-4H3,(H,26,30). The van der Waals surface area contributed by atoms with Crippen molar-refractivity contribution in [3.8, 4) is 11.4 Å². The molecular weight excluding hydrogens is 420 g/mol. The Balaban J connectivity index is 1.55. The molecule has 4 aromatic rings. The number of carbonyl (C=O) groups is 1. The van der Waals surface area contributed by atoms with Crippen LogP contribution in [0.4, 0.5) is 5.69 Å². The molecule has 0 atom stereocenters. The average molecular weight is 447 g/mol. The fourth-order valence-corrected chi connectivity index (χ4v) is 4.54. The molecule has 32 heavy (non-hydrogen) atoms. The highest BCUT2D eigenvalue weighted by Gasteiger charge is 2.19. The number of nitrogens with one attached hydrogen (secondary N) is 1. The lowest BCUT2D eigenvalue weighted by Crippen LogP contribution is -2.16. The highest BCUT2D eigenvalue weighted by molar-refractivity contribution is 7.99. The minimum absolute atomic E-state index is 0.0691. The summed E-state index contributed by atoms with van der Waals surface area (Å²) in [6.45, 7) is 8.59. The second kappa shape index (κ2) is 9.44. The van der Waals surface area contributed by atoms with E-state index in [2.05, 4.69) is 46.7 Å². The van der Waals surface area contributed by atoms with Crippen LogP contribution in [-0.2, 0) is 11.3 Å². The normalized spacial score (nSPS) is 11.0. The molecule has 0 radical (unpaired) electrons. The van der Waals surface area contributed by atoms with E-state index in [1.807, 2.05) is 49.6 Å². The molecule has 0 aliphatic rings. The second-order valence-corrected chi connectivity index (χ2v) is 8.82. The van der Waals surface area contributed by atoms with E-state index in [9.17, 15) is 4.79 Å². The number of thioether (sulfide) groups is 1. The number of nitrogens with zero attached hydrogens (tertiary/aromatic N) is 3. The molecule has 0 fully saturated rings. The fraction of sp³-hybridized carbons (Fsp3) is 0.240. The molecule has 1 N–H and O–H groups in total. The number of hydrogen-bond donors (Lipinski definition) is 1. The van der Waals surface area contributed by atoms with Crippen molar-refractivity contribution in [3.05, 3.63) is 82.8 Å². The number of aryl methyl sites for hydroxylation is 4. The Hall–Kier alpha value is -3.32. The van der Waals surface area contributed by atoms with E-state index in [0.717, 1.165) is 39.5 Å². The third-order valence-electron chi connectivity index (χ3n) is 5.27. The molecule has 0 saturated heterocycles. The van der Waals surface area contributed by atoms with E-state index < -0.39 is 0 Å². The van der Waals surface area contributed by atoms with Gasteiger partial charge in [0.25, 0.3) is 0 Å². The van der Waals surface area contributed by atoms with Crippen LogP contribution in [0.5, 0.6) is 0 Å². The number of carbonyl (C=O) groups excluding carboxylic acids is 1. The van der Waals surface area contributed by atoms with E-state index in [4.69, 9.17) is 4.42 Å². The van der Waals surface area contributed by atoms with Crippen molar-refractivity contribution >= 4 is 23.4 Å². The molecule has 4 rings (SSSR count). The first-order valence-electron chi connectivity index (χ1n) is 10.4. The lowest BCUT2D eigenvalue weighted by Gasteiger charge is -2.13. The Morgan fingerprint density at radius 1 is 1.03 bits per heavy atom. The van der Waals surface area contributed by atoms with Crippen LogP contribution in [0.25, 0.3) is 11.4 Å². The van der Waals surface area contributed by atoms with Crippen LogP contribution < -0.4 is 5.32 Å². The number of rotatable bonds is 7. The van der Waals surface area contributed by atoms with Crippen LogP contribution in [0.2, 0.25) is 0 Å². The largest absolute Gasteiger partial charge is 0.469 e. The highest BCUT2D eigenvalue weighted by Crippen LogP contribution is 2.28. The molecule has 2 aromatic carbocycles. The monoisotopic (exact) mass is 446 g/mol. The summed E-state index contributed by atoms with van der Waals surface area (Å²) >= 11 is 1.38. The van der Waals surface area contributed by atoms with E-state index in [-0.39, 0.29) is 11.7 Å². The van der Waals surface area contributed by atoms with Gasteiger partial charge in [-0.3, -0.25) is 9.36 Å². The van der Waals surface area contributed by atoms with Crippen molar-refractivity contribution in [2.24, 2.45) is 0 Å². The van der Waals surface area contributed by atoms with Gasteiger partial charge in [-0.15, -0.1) is 10.2 Å². The zero-order valence-electron chi connectivity index (χ0n) is 18.7. The van der Waals surface area contributed by atoms with Crippen molar-refractivity contribution in [2.45, 2.75) is 39.4 Å². The third-order valence-corrected chi connectivity index (χ3v) is 6.24. The van der Waals surface area contributed by atoms with Crippen molar-refractivity contribution in [1.82, 2.24) is 14.8 Å². The van der Waals surface area contributed by atoms with Crippen LogP contribution in [-0.4, -0.2) is 26.4 Å². The molecule has 1 amide bonds. The molecular formula is C25H26N4O2S. The van der Waals surface area contributed by atoms with Crippen molar-refractivity contribution < 1.29 is 9.21 Å². The van der Waals surface area contributed by atoms with Gasteiger partial charge < -0.3 is 9.73 Å². The number of amides is 1. The zero-order valence-corrected chi connectivity index (χ0v) is 19.5. The summed E-state index contributed by atoms with van der Waals surface area (Å²) in [7, 11) is 0. The predicted molar refractivity (Wildman–Crippen MR) is 128 cm³/mol. The molecule has 7 heteroatoms. The van der Waals surface area contributed by atoms with E-state index in [1.54, 1.807) is 6.26 Å². The Labute approximate surface area is 192 Å². The molecule has 0 aliphatic carbocycles. The maximum atomic E-state index is 12.7. The molecule has 6 nitrogen and oxygen atoms in total. The van der Waals surface area contributed by atoms with Gasteiger partial charge in [0.1, 0.15) is 5.76 Å². The zero-order chi connectivity index (χ0) is 22.7. The van der Waals surface area contributed by atoms with Gasteiger partial charge in [0.2, 0.25) is 5.91 Å². The molecule has 0 bridgehead atoms. The van der Waals surface area contributed by atoms with Gasteiger partial charge in [0.05, 0.1) is 24.1 Å². The lowest BCUT2D eigenvalue weighted by atomic mass is 10.1. The third kappa shape index (κ3) is 4.78. The van der Waals surface area contributed by atoms with Gasteiger partial charge in [-0.25, -0.2) is 0 Å². The highest BCUT2D eigenvalue weighted by atomic mass is 32.2. The maximum Gasteiger partial charge on any atom is 0.234 e. The van der Waals surface area contributed by atoms with E-state index in [0.29, 0.717) is 11.7 Å². The summed E-state index contributed by atoms with van der Waals surface area (Å²) in [6, 6.07) is 16.2. The lowest BCUT2D eigenvalue weighted by molar-refractivity contribution is -0.113. The smallest absolute Gasteiger partial charge is 0.234 e. The summed E-state index contributed by atoms with van der Waals surface area (Å²) in [5, 5.41) is 12.6. The first kappa shape index (κ1) is 21.9. The maximum absolute atomic E-state index is 12.7. The van der Waals surface area contributed by atoms with Gasteiger partial charge in [-0.05, 0) is 50.5 Å². The Bertz CT molecular complexity index is 1220. The molecule has 0 unspecified atom stereocenters. The predicted octanol–water partition coefficient (Wildman–Crippen LogP) is 5.55. The molecule has 0 spiro atoms. The molecule has 2 aromatic heterocycles. The minimum atomic E-state index is -0.0691. The molecule has 0 saturated carbocycles. The summed E-state index contributed by atoms with van der Waals surface area (Å²) in [6.07, 6.45) is 1.65. The fourth-order valence-electron chi connectivity index (χ4n) is 3.80. The number of aromatic nitrogens is 3. The van der Waals surface area contributed by atoms with Gasteiger partial charge in [-0.1, -0.05) is 59.8 Å². The number of anilines is 1. The SMILES string of the molecule is Cc1cc(C)c(NC(=O)CSc2nnc(-c3ccoc3C)n2Cc2ccccc2)c(C)c1. The topological polar surface area (TPSA) is 73.0 Å². The van der Waals surface area contributed by atoms with Crippen LogP contribution in [0.15, 0.2) is 64.4 Å². The Kier molecular flexibility index (Phi) is 6.46. The first-order chi connectivity index (χ1) is 15.4. The molecule has 0 aliphatic heterocycles. The first-order valence-corrected chi connectivity index (χ1v) is 11.4. The number of furan rings is 1. The van der Waals surface area contributed by atoms with Crippen LogP contribution >= 0.6 is 11.8 Å².